The van der Waals surface area contributed by atoms with Gasteiger partial charge in [-0.05, 0) is 43.3 Å². The summed E-state index contributed by atoms with van der Waals surface area (Å²) in [6, 6.07) is 9.13. The molecule has 3 aromatic rings. The number of halogens is 2. The molecule has 7 heteroatoms. The van der Waals surface area contributed by atoms with E-state index < -0.39 is 23.4 Å². The summed E-state index contributed by atoms with van der Waals surface area (Å²) in [7, 11) is 0. The molecule has 3 N–H and O–H groups in total. The third-order valence-corrected chi connectivity index (χ3v) is 3.72. The Bertz CT molecular complexity index is 1020. The highest BCUT2D eigenvalue weighted by molar-refractivity contribution is 6.07. The van der Waals surface area contributed by atoms with E-state index in [1.54, 1.807) is 13.0 Å². The first kappa shape index (κ1) is 16.5. The molecule has 3 rings (SSSR count). The minimum absolute atomic E-state index is 0.000998. The molecule has 0 spiro atoms. The zero-order valence-electron chi connectivity index (χ0n) is 13.1. The summed E-state index contributed by atoms with van der Waals surface area (Å²) in [5.41, 5.74) is 6.03. The standard InChI is InChI=1S/C18H13F2N3O2/c1-9-13(6-10-2-4-12(19)8-16(10)22-9)18(25)23-15-5-3-11(17(21)24)7-14(15)20/h2-8H,1H3,(H2,21,24)(H,23,25). The molecule has 0 saturated carbocycles. The van der Waals surface area contributed by atoms with Crippen molar-refractivity contribution in [3.63, 3.8) is 0 Å². The van der Waals surface area contributed by atoms with E-state index in [1.165, 1.54) is 30.3 Å². The summed E-state index contributed by atoms with van der Waals surface area (Å²) in [5, 5.41) is 3.01. The highest BCUT2D eigenvalue weighted by Crippen LogP contribution is 2.21. The van der Waals surface area contributed by atoms with Crippen LogP contribution in [-0.4, -0.2) is 16.8 Å². The minimum atomic E-state index is -0.780. The SMILES string of the molecule is Cc1nc2cc(F)ccc2cc1C(=O)Nc1ccc(C(N)=O)cc1F. The lowest BCUT2D eigenvalue weighted by atomic mass is 10.1. The van der Waals surface area contributed by atoms with E-state index in [1.807, 2.05) is 0 Å². The Labute approximate surface area is 141 Å². The number of nitrogens with one attached hydrogen (secondary N) is 1. The second kappa shape index (κ2) is 6.27. The van der Waals surface area contributed by atoms with Gasteiger partial charge in [-0.1, -0.05) is 0 Å². The molecule has 0 aliphatic carbocycles. The zero-order valence-corrected chi connectivity index (χ0v) is 13.1. The van der Waals surface area contributed by atoms with Gasteiger partial charge >= 0.3 is 0 Å². The number of aryl methyl sites for hydroxylation is 1. The van der Waals surface area contributed by atoms with Gasteiger partial charge in [0.05, 0.1) is 22.5 Å². The second-order valence-electron chi connectivity index (χ2n) is 5.47. The fourth-order valence-corrected chi connectivity index (χ4v) is 2.43. The van der Waals surface area contributed by atoms with E-state index in [0.29, 0.717) is 16.6 Å². The first-order valence-corrected chi connectivity index (χ1v) is 7.33. The monoisotopic (exact) mass is 341 g/mol. The number of fused-ring (bicyclic) bond motifs is 1. The van der Waals surface area contributed by atoms with Crippen LogP contribution in [0.5, 0.6) is 0 Å². The Morgan fingerprint density at radius 3 is 2.52 bits per heavy atom. The molecule has 0 aliphatic rings. The third kappa shape index (κ3) is 3.30. The number of pyridine rings is 1. The molecule has 0 aliphatic heterocycles. The van der Waals surface area contributed by atoms with Gasteiger partial charge in [0.1, 0.15) is 11.6 Å². The molecule has 0 atom stereocenters. The predicted octanol–water partition coefficient (Wildman–Crippen LogP) is 3.17. The number of aromatic nitrogens is 1. The molecule has 0 saturated heterocycles. The van der Waals surface area contributed by atoms with Crippen molar-refractivity contribution >= 4 is 28.4 Å². The smallest absolute Gasteiger partial charge is 0.257 e. The first-order chi connectivity index (χ1) is 11.8. The van der Waals surface area contributed by atoms with Gasteiger partial charge in [0.25, 0.3) is 5.91 Å². The summed E-state index contributed by atoms with van der Waals surface area (Å²) in [6.07, 6.45) is 0. The van der Waals surface area contributed by atoms with Crippen molar-refractivity contribution in [2.75, 3.05) is 5.32 Å². The number of carbonyl (C=O) groups is 2. The number of nitrogens with zero attached hydrogens (tertiary/aromatic N) is 1. The van der Waals surface area contributed by atoms with Gasteiger partial charge in [0.2, 0.25) is 5.91 Å². The van der Waals surface area contributed by atoms with Crippen LogP contribution in [0, 0.1) is 18.6 Å². The number of primary amides is 1. The number of nitrogens with two attached hydrogens (primary N) is 1. The minimum Gasteiger partial charge on any atom is -0.366 e. The van der Waals surface area contributed by atoms with Crippen LogP contribution in [0.3, 0.4) is 0 Å². The van der Waals surface area contributed by atoms with Crippen molar-refractivity contribution in [3.8, 4) is 0 Å². The van der Waals surface area contributed by atoms with Gasteiger partial charge in [0.15, 0.2) is 0 Å². The van der Waals surface area contributed by atoms with Crippen molar-refractivity contribution in [1.29, 1.82) is 0 Å². The Kier molecular flexibility index (Phi) is 4.14. The Morgan fingerprint density at radius 1 is 1.08 bits per heavy atom. The van der Waals surface area contributed by atoms with Gasteiger partial charge in [-0.3, -0.25) is 14.6 Å². The fourth-order valence-electron chi connectivity index (χ4n) is 2.43. The van der Waals surface area contributed by atoms with E-state index in [2.05, 4.69) is 10.3 Å². The van der Waals surface area contributed by atoms with Crippen LogP contribution in [0.25, 0.3) is 10.9 Å². The van der Waals surface area contributed by atoms with E-state index in [0.717, 1.165) is 6.07 Å². The highest BCUT2D eigenvalue weighted by Gasteiger charge is 2.15. The Balaban J connectivity index is 1.93. The number of hydrogen-bond donors (Lipinski definition) is 2. The third-order valence-electron chi connectivity index (χ3n) is 3.72. The van der Waals surface area contributed by atoms with Crippen molar-refractivity contribution in [2.24, 2.45) is 5.73 Å². The van der Waals surface area contributed by atoms with Gasteiger partial charge in [-0.2, -0.15) is 0 Å². The summed E-state index contributed by atoms with van der Waals surface area (Å²) < 4.78 is 27.3. The molecule has 1 aromatic heterocycles. The molecule has 0 unspecified atom stereocenters. The Hall–Kier alpha value is -3.35. The van der Waals surface area contributed by atoms with E-state index in [-0.39, 0.29) is 16.8 Å². The van der Waals surface area contributed by atoms with Crippen molar-refractivity contribution in [3.05, 3.63) is 70.9 Å². The maximum Gasteiger partial charge on any atom is 0.257 e. The van der Waals surface area contributed by atoms with Crippen LogP contribution < -0.4 is 11.1 Å². The van der Waals surface area contributed by atoms with Crippen LogP contribution in [0.2, 0.25) is 0 Å². The van der Waals surface area contributed by atoms with Crippen molar-refractivity contribution < 1.29 is 18.4 Å². The average molecular weight is 341 g/mol. The van der Waals surface area contributed by atoms with Gasteiger partial charge < -0.3 is 11.1 Å². The maximum absolute atomic E-state index is 14.0. The van der Waals surface area contributed by atoms with Crippen molar-refractivity contribution in [2.45, 2.75) is 6.92 Å². The van der Waals surface area contributed by atoms with E-state index >= 15 is 0 Å². The number of anilines is 1. The number of amides is 2. The highest BCUT2D eigenvalue weighted by atomic mass is 19.1. The number of hydrogen-bond acceptors (Lipinski definition) is 3. The number of benzene rings is 2. The van der Waals surface area contributed by atoms with Crippen LogP contribution in [0.4, 0.5) is 14.5 Å². The van der Waals surface area contributed by atoms with Crippen LogP contribution >= 0.6 is 0 Å². The van der Waals surface area contributed by atoms with Gasteiger partial charge in [0, 0.05) is 17.0 Å². The lowest BCUT2D eigenvalue weighted by Crippen LogP contribution is -2.16. The molecular formula is C18H13F2N3O2. The molecule has 2 aromatic carbocycles. The lowest BCUT2D eigenvalue weighted by molar-refractivity contribution is 0.0998. The van der Waals surface area contributed by atoms with Crippen LogP contribution in [-0.2, 0) is 0 Å². The molecule has 126 valence electrons. The normalized spacial score (nSPS) is 10.7. The molecule has 25 heavy (non-hydrogen) atoms. The largest absolute Gasteiger partial charge is 0.366 e. The van der Waals surface area contributed by atoms with Gasteiger partial charge in [-0.25, -0.2) is 8.78 Å². The lowest BCUT2D eigenvalue weighted by Gasteiger charge is -2.10. The molecule has 0 radical (unpaired) electrons. The van der Waals surface area contributed by atoms with E-state index in [4.69, 9.17) is 5.73 Å². The molecular weight excluding hydrogens is 328 g/mol. The second-order valence-corrected chi connectivity index (χ2v) is 5.47. The number of rotatable bonds is 3. The predicted molar refractivity (Wildman–Crippen MR) is 89.3 cm³/mol. The Morgan fingerprint density at radius 2 is 1.84 bits per heavy atom. The topological polar surface area (TPSA) is 85.1 Å². The van der Waals surface area contributed by atoms with Crippen LogP contribution in [0.15, 0.2) is 42.5 Å². The molecule has 2 amide bonds. The molecule has 0 bridgehead atoms. The summed E-state index contributed by atoms with van der Waals surface area (Å²) in [4.78, 5) is 27.7. The number of carbonyl (C=O) groups excluding carboxylic acids is 2. The zero-order chi connectivity index (χ0) is 18.1. The summed E-state index contributed by atoms with van der Waals surface area (Å²) >= 11 is 0. The quantitative estimate of drug-likeness (QED) is 0.767. The first-order valence-electron chi connectivity index (χ1n) is 7.33. The molecule has 1 heterocycles. The molecule has 0 fully saturated rings. The maximum atomic E-state index is 14.0. The van der Waals surface area contributed by atoms with Crippen LogP contribution in [0.1, 0.15) is 26.4 Å². The van der Waals surface area contributed by atoms with Crippen molar-refractivity contribution in [1.82, 2.24) is 4.98 Å². The molecule has 5 nitrogen and oxygen atoms in total. The van der Waals surface area contributed by atoms with E-state index in [9.17, 15) is 18.4 Å². The van der Waals surface area contributed by atoms with Gasteiger partial charge in [-0.15, -0.1) is 0 Å². The summed E-state index contributed by atoms with van der Waals surface area (Å²) in [6.45, 7) is 1.60. The summed E-state index contributed by atoms with van der Waals surface area (Å²) in [5.74, 6) is -2.54. The fraction of sp³-hybridized carbons (Fsp3) is 0.0556. The average Bonchev–Trinajstić information content (AvgIpc) is 2.55.